The highest BCUT2D eigenvalue weighted by molar-refractivity contribution is 6.01. The number of anilines is 1. The lowest BCUT2D eigenvalue weighted by atomic mass is 9.83. The zero-order valence-corrected chi connectivity index (χ0v) is 12.5. The van der Waals surface area contributed by atoms with Crippen LogP contribution in [-0.2, 0) is 0 Å². The average molecular weight is 290 g/mol. The van der Waals surface area contributed by atoms with E-state index < -0.39 is 5.97 Å². The molecule has 0 aromatic heterocycles. The van der Waals surface area contributed by atoms with Gasteiger partial charge in [-0.05, 0) is 43.4 Å². The van der Waals surface area contributed by atoms with Gasteiger partial charge in [-0.1, -0.05) is 25.3 Å². The lowest BCUT2D eigenvalue weighted by Gasteiger charge is -2.25. The van der Waals surface area contributed by atoms with Crippen LogP contribution < -0.4 is 10.6 Å². The second-order valence-corrected chi connectivity index (χ2v) is 5.78. The summed E-state index contributed by atoms with van der Waals surface area (Å²) in [7, 11) is 0. The number of aromatic carboxylic acids is 1. The molecule has 5 nitrogen and oxygen atoms in total. The number of amides is 2. The van der Waals surface area contributed by atoms with Crippen molar-refractivity contribution < 1.29 is 14.7 Å². The third-order valence-corrected chi connectivity index (χ3v) is 4.01. The Morgan fingerprint density at radius 1 is 1.29 bits per heavy atom. The third kappa shape index (κ3) is 3.97. The number of carbonyl (C=O) groups is 2. The SMILES string of the molecule is Cc1cc(C)c(NC(=O)NCCC2CCC2)c(C(=O)O)c1. The normalized spacial score (nSPS) is 14.4. The van der Waals surface area contributed by atoms with Crippen LogP contribution in [0.5, 0.6) is 0 Å². The van der Waals surface area contributed by atoms with Gasteiger partial charge in [0.2, 0.25) is 0 Å². The van der Waals surface area contributed by atoms with E-state index in [1.54, 1.807) is 13.0 Å². The van der Waals surface area contributed by atoms with Gasteiger partial charge in [-0.3, -0.25) is 0 Å². The minimum atomic E-state index is -1.04. The molecule has 3 N–H and O–H groups in total. The lowest BCUT2D eigenvalue weighted by Crippen LogP contribution is -2.32. The zero-order valence-electron chi connectivity index (χ0n) is 12.5. The maximum atomic E-state index is 11.9. The number of carboxylic acid groups (broad SMARTS) is 1. The van der Waals surface area contributed by atoms with Crippen molar-refractivity contribution in [1.29, 1.82) is 0 Å². The van der Waals surface area contributed by atoms with Gasteiger partial charge < -0.3 is 15.7 Å². The Hall–Kier alpha value is -2.04. The Morgan fingerprint density at radius 2 is 2.00 bits per heavy atom. The largest absolute Gasteiger partial charge is 0.478 e. The summed E-state index contributed by atoms with van der Waals surface area (Å²) in [6, 6.07) is 3.08. The standard InChI is InChI=1S/C16H22N2O3/c1-10-8-11(2)14(13(9-10)15(19)20)18-16(21)17-7-6-12-4-3-5-12/h8-9,12H,3-7H2,1-2H3,(H,19,20)(H2,17,18,21). The smallest absolute Gasteiger partial charge is 0.337 e. The third-order valence-electron chi connectivity index (χ3n) is 4.01. The quantitative estimate of drug-likeness (QED) is 0.778. The van der Waals surface area contributed by atoms with E-state index in [9.17, 15) is 14.7 Å². The summed E-state index contributed by atoms with van der Waals surface area (Å²) in [5.41, 5.74) is 2.11. The molecule has 1 aliphatic carbocycles. The van der Waals surface area contributed by atoms with Crippen LogP contribution in [0.15, 0.2) is 12.1 Å². The van der Waals surface area contributed by atoms with E-state index >= 15 is 0 Å². The van der Waals surface area contributed by atoms with Crippen LogP contribution in [0, 0.1) is 19.8 Å². The lowest BCUT2D eigenvalue weighted by molar-refractivity contribution is 0.0698. The number of aryl methyl sites for hydroxylation is 2. The number of hydrogen-bond donors (Lipinski definition) is 3. The first kappa shape index (κ1) is 15.4. The number of rotatable bonds is 5. The highest BCUT2D eigenvalue weighted by atomic mass is 16.4. The topological polar surface area (TPSA) is 78.4 Å². The fourth-order valence-corrected chi connectivity index (χ4v) is 2.63. The number of urea groups is 1. The van der Waals surface area contributed by atoms with Crippen molar-refractivity contribution >= 4 is 17.7 Å². The highest BCUT2D eigenvalue weighted by Gasteiger charge is 2.18. The summed E-state index contributed by atoms with van der Waals surface area (Å²) in [5, 5.41) is 14.7. The van der Waals surface area contributed by atoms with E-state index in [0.29, 0.717) is 12.2 Å². The Bertz CT molecular complexity index is 551. The van der Waals surface area contributed by atoms with Crippen molar-refractivity contribution in [3.8, 4) is 0 Å². The molecule has 1 aromatic rings. The molecule has 0 heterocycles. The molecule has 0 unspecified atom stereocenters. The number of carbonyl (C=O) groups excluding carboxylic acids is 1. The van der Waals surface area contributed by atoms with Gasteiger partial charge in [0.25, 0.3) is 0 Å². The van der Waals surface area contributed by atoms with Crippen molar-refractivity contribution in [2.75, 3.05) is 11.9 Å². The molecule has 2 amide bonds. The van der Waals surface area contributed by atoms with Crippen LogP contribution in [0.3, 0.4) is 0 Å². The first-order valence-corrected chi connectivity index (χ1v) is 7.36. The summed E-state index contributed by atoms with van der Waals surface area (Å²) in [6.45, 7) is 4.26. The van der Waals surface area contributed by atoms with E-state index in [2.05, 4.69) is 10.6 Å². The Labute approximate surface area is 124 Å². The van der Waals surface area contributed by atoms with Crippen molar-refractivity contribution in [1.82, 2.24) is 5.32 Å². The highest BCUT2D eigenvalue weighted by Crippen LogP contribution is 2.28. The molecule has 114 valence electrons. The van der Waals surface area contributed by atoms with Gasteiger partial charge in [0.15, 0.2) is 0 Å². The molecule has 0 bridgehead atoms. The minimum absolute atomic E-state index is 0.127. The summed E-state index contributed by atoms with van der Waals surface area (Å²) >= 11 is 0. The van der Waals surface area contributed by atoms with E-state index in [-0.39, 0.29) is 11.6 Å². The molecule has 0 atom stereocenters. The molecule has 5 heteroatoms. The number of nitrogens with one attached hydrogen (secondary N) is 2. The van der Waals surface area contributed by atoms with E-state index in [1.807, 2.05) is 13.0 Å². The Kier molecular flexibility index (Phi) is 4.83. The fourth-order valence-electron chi connectivity index (χ4n) is 2.63. The van der Waals surface area contributed by atoms with Gasteiger partial charge in [0, 0.05) is 6.54 Å². The van der Waals surface area contributed by atoms with Gasteiger partial charge in [0.05, 0.1) is 11.3 Å². The van der Waals surface area contributed by atoms with E-state index in [4.69, 9.17) is 0 Å². The predicted molar refractivity (Wildman–Crippen MR) is 81.9 cm³/mol. The van der Waals surface area contributed by atoms with Crippen molar-refractivity contribution in [2.45, 2.75) is 39.5 Å². The van der Waals surface area contributed by atoms with Crippen LogP contribution in [0.1, 0.15) is 47.2 Å². The van der Waals surface area contributed by atoms with Crippen molar-refractivity contribution in [2.24, 2.45) is 5.92 Å². The molecule has 0 saturated heterocycles. The molecule has 0 radical (unpaired) electrons. The molecule has 2 rings (SSSR count). The molecule has 1 aliphatic rings. The summed E-state index contributed by atoms with van der Waals surface area (Å²) in [5.74, 6) is -0.299. The van der Waals surface area contributed by atoms with E-state index in [0.717, 1.165) is 23.5 Å². The van der Waals surface area contributed by atoms with Gasteiger partial charge in [-0.2, -0.15) is 0 Å². The molecule has 21 heavy (non-hydrogen) atoms. The van der Waals surface area contributed by atoms with E-state index in [1.165, 1.54) is 19.3 Å². The monoisotopic (exact) mass is 290 g/mol. The minimum Gasteiger partial charge on any atom is -0.478 e. The number of hydrogen-bond acceptors (Lipinski definition) is 2. The summed E-state index contributed by atoms with van der Waals surface area (Å²) < 4.78 is 0. The van der Waals surface area contributed by atoms with Crippen molar-refractivity contribution in [3.05, 3.63) is 28.8 Å². The fraction of sp³-hybridized carbons (Fsp3) is 0.500. The maximum Gasteiger partial charge on any atom is 0.337 e. The second kappa shape index (κ2) is 6.61. The van der Waals surface area contributed by atoms with Crippen molar-refractivity contribution in [3.63, 3.8) is 0 Å². The Balaban J connectivity index is 1.97. The van der Waals surface area contributed by atoms with Gasteiger partial charge in [-0.25, -0.2) is 9.59 Å². The first-order valence-electron chi connectivity index (χ1n) is 7.36. The summed E-state index contributed by atoms with van der Waals surface area (Å²) in [4.78, 5) is 23.2. The van der Waals surface area contributed by atoms with Crippen LogP contribution in [0.4, 0.5) is 10.5 Å². The second-order valence-electron chi connectivity index (χ2n) is 5.78. The first-order chi connectivity index (χ1) is 9.97. The molecule has 0 aliphatic heterocycles. The van der Waals surface area contributed by atoms with Crippen LogP contribution in [-0.4, -0.2) is 23.7 Å². The molecule has 1 aromatic carbocycles. The van der Waals surface area contributed by atoms with Gasteiger partial charge in [-0.15, -0.1) is 0 Å². The molecule has 1 fully saturated rings. The van der Waals surface area contributed by atoms with Crippen LogP contribution in [0.25, 0.3) is 0 Å². The number of carboxylic acids is 1. The molecule has 0 spiro atoms. The summed E-state index contributed by atoms with van der Waals surface area (Å²) in [6.07, 6.45) is 4.79. The van der Waals surface area contributed by atoms with Gasteiger partial charge >= 0.3 is 12.0 Å². The molecular weight excluding hydrogens is 268 g/mol. The molecule has 1 saturated carbocycles. The Morgan fingerprint density at radius 3 is 2.57 bits per heavy atom. The number of benzene rings is 1. The predicted octanol–water partition coefficient (Wildman–Crippen LogP) is 3.31. The van der Waals surface area contributed by atoms with Crippen LogP contribution >= 0.6 is 0 Å². The van der Waals surface area contributed by atoms with Gasteiger partial charge in [0.1, 0.15) is 0 Å². The zero-order chi connectivity index (χ0) is 15.4. The maximum absolute atomic E-state index is 11.9. The van der Waals surface area contributed by atoms with Crippen LogP contribution in [0.2, 0.25) is 0 Å². The molecular formula is C16H22N2O3. The average Bonchev–Trinajstić information content (AvgIpc) is 2.35.